The minimum Gasteiger partial charge on any atom is -0.446 e. The summed E-state index contributed by atoms with van der Waals surface area (Å²) >= 11 is 0. The Labute approximate surface area is 84.7 Å². The van der Waals surface area contributed by atoms with Gasteiger partial charge in [-0.05, 0) is 6.92 Å². The van der Waals surface area contributed by atoms with Crippen LogP contribution in [0.3, 0.4) is 0 Å². The van der Waals surface area contributed by atoms with Crippen molar-refractivity contribution < 1.29 is 14.2 Å². The first-order chi connectivity index (χ1) is 6.68. The molecule has 0 rings (SSSR count). The molecule has 0 atom stereocenters. The van der Waals surface area contributed by atoms with E-state index in [9.17, 15) is 0 Å². The van der Waals surface area contributed by atoms with E-state index >= 15 is 0 Å². The van der Waals surface area contributed by atoms with Gasteiger partial charge in [0.2, 0.25) is 0 Å². The molecule has 0 aromatic rings. The molecule has 0 aliphatic heterocycles. The van der Waals surface area contributed by atoms with Crippen LogP contribution in [-0.4, -0.2) is 19.8 Å². The zero-order valence-corrected chi connectivity index (χ0v) is 8.08. The summed E-state index contributed by atoms with van der Waals surface area (Å²) in [6, 6.07) is 0. The predicted octanol–water partition coefficient (Wildman–Crippen LogP) is 0.815. The SMILES string of the molecule is C#COCC(C)(COC#C)COC#C. The van der Waals surface area contributed by atoms with E-state index in [0.717, 1.165) is 0 Å². The van der Waals surface area contributed by atoms with Crippen LogP contribution in [0.2, 0.25) is 0 Å². The lowest BCUT2D eigenvalue weighted by atomic mass is 9.94. The highest BCUT2D eigenvalue weighted by molar-refractivity contribution is 4.82. The highest BCUT2D eigenvalue weighted by Crippen LogP contribution is 2.17. The lowest BCUT2D eigenvalue weighted by Crippen LogP contribution is -2.32. The summed E-state index contributed by atoms with van der Waals surface area (Å²) in [5.74, 6) is 0. The Kier molecular flexibility index (Phi) is 5.68. The van der Waals surface area contributed by atoms with Crippen molar-refractivity contribution in [1.82, 2.24) is 0 Å². The van der Waals surface area contributed by atoms with Crippen LogP contribution in [0.1, 0.15) is 6.92 Å². The second kappa shape index (κ2) is 6.58. The van der Waals surface area contributed by atoms with E-state index in [1.165, 1.54) is 0 Å². The van der Waals surface area contributed by atoms with Crippen molar-refractivity contribution >= 4 is 0 Å². The van der Waals surface area contributed by atoms with Gasteiger partial charge >= 0.3 is 0 Å². The number of rotatable bonds is 6. The van der Waals surface area contributed by atoms with Crippen LogP contribution in [-0.2, 0) is 14.2 Å². The van der Waals surface area contributed by atoms with Gasteiger partial charge in [-0.25, -0.2) is 0 Å². The van der Waals surface area contributed by atoms with Crippen LogP contribution < -0.4 is 0 Å². The molecule has 0 fully saturated rings. The number of hydrogen-bond acceptors (Lipinski definition) is 3. The zero-order valence-electron chi connectivity index (χ0n) is 8.08. The van der Waals surface area contributed by atoms with Crippen molar-refractivity contribution in [2.75, 3.05) is 19.8 Å². The Balaban J connectivity index is 4.13. The largest absolute Gasteiger partial charge is 0.446 e. The van der Waals surface area contributed by atoms with Gasteiger partial charge in [-0.2, -0.15) is 0 Å². The molecule has 74 valence electrons. The Hall–Kier alpha value is -1.92. The Bertz CT molecular complexity index is 229. The fourth-order valence-electron chi connectivity index (χ4n) is 0.773. The standard InChI is InChI=1S/C11H12O3/c1-5-12-8-11(4,9-13-6-2)10-14-7-3/h1-3H,8-10H2,4H3. The van der Waals surface area contributed by atoms with E-state index in [2.05, 4.69) is 18.3 Å². The number of ether oxygens (including phenoxy) is 3. The first-order valence-electron chi connectivity index (χ1n) is 3.91. The smallest absolute Gasteiger partial charge is 0.112 e. The van der Waals surface area contributed by atoms with Crippen LogP contribution in [0.5, 0.6) is 0 Å². The first kappa shape index (κ1) is 12.1. The van der Waals surface area contributed by atoms with Crippen LogP contribution in [0.25, 0.3) is 0 Å². The average molecular weight is 192 g/mol. The quantitative estimate of drug-likeness (QED) is 0.583. The van der Waals surface area contributed by atoms with Gasteiger partial charge in [-0.1, -0.05) is 19.3 Å². The van der Waals surface area contributed by atoms with Crippen molar-refractivity contribution in [1.29, 1.82) is 0 Å². The summed E-state index contributed by atoms with van der Waals surface area (Å²) in [4.78, 5) is 0. The maximum absolute atomic E-state index is 4.96. The molecule has 0 amide bonds. The maximum Gasteiger partial charge on any atom is 0.112 e. The second-order valence-corrected chi connectivity index (χ2v) is 3.03. The molecule has 14 heavy (non-hydrogen) atoms. The molecule has 0 bridgehead atoms. The van der Waals surface area contributed by atoms with Gasteiger partial charge in [0, 0.05) is 0 Å². The Morgan fingerprint density at radius 1 is 0.857 bits per heavy atom. The molecule has 0 saturated heterocycles. The molecule has 3 heteroatoms. The first-order valence-corrected chi connectivity index (χ1v) is 3.91. The summed E-state index contributed by atoms with van der Waals surface area (Å²) in [7, 11) is 0. The maximum atomic E-state index is 4.96. The van der Waals surface area contributed by atoms with E-state index in [-0.39, 0.29) is 19.8 Å². The van der Waals surface area contributed by atoms with E-state index in [0.29, 0.717) is 0 Å². The summed E-state index contributed by atoms with van der Waals surface area (Å²) in [5, 5.41) is 0. The summed E-state index contributed by atoms with van der Waals surface area (Å²) in [6.45, 7) is 2.66. The number of hydrogen-bond donors (Lipinski definition) is 0. The van der Waals surface area contributed by atoms with Crippen molar-refractivity contribution in [2.24, 2.45) is 5.41 Å². The molecule has 0 N–H and O–H groups in total. The van der Waals surface area contributed by atoms with Gasteiger partial charge in [0.15, 0.2) is 0 Å². The monoisotopic (exact) mass is 192 g/mol. The van der Waals surface area contributed by atoms with Crippen LogP contribution >= 0.6 is 0 Å². The van der Waals surface area contributed by atoms with Gasteiger partial charge in [-0.3, -0.25) is 0 Å². The second-order valence-electron chi connectivity index (χ2n) is 3.03. The van der Waals surface area contributed by atoms with Crippen LogP contribution in [0.15, 0.2) is 0 Å². The molecule has 0 saturated carbocycles. The highest BCUT2D eigenvalue weighted by atomic mass is 16.5. The van der Waals surface area contributed by atoms with Crippen molar-refractivity contribution in [3.8, 4) is 37.6 Å². The van der Waals surface area contributed by atoms with Gasteiger partial charge in [0.05, 0.1) is 5.41 Å². The van der Waals surface area contributed by atoms with Gasteiger partial charge in [-0.15, -0.1) is 0 Å². The molecule has 0 aliphatic carbocycles. The summed E-state index contributed by atoms with van der Waals surface area (Å²) in [5.41, 5.74) is -0.439. The van der Waals surface area contributed by atoms with Crippen molar-refractivity contribution in [3.63, 3.8) is 0 Å². The third-order valence-corrected chi connectivity index (χ3v) is 1.51. The highest BCUT2D eigenvalue weighted by Gasteiger charge is 2.27. The average Bonchev–Trinajstić information content (AvgIpc) is 2.21. The van der Waals surface area contributed by atoms with E-state index in [1.807, 2.05) is 6.92 Å². The third-order valence-electron chi connectivity index (χ3n) is 1.51. The van der Waals surface area contributed by atoms with Gasteiger partial charge in [0.25, 0.3) is 0 Å². The molecule has 0 heterocycles. The molecular formula is C11H12O3. The fraction of sp³-hybridized carbons (Fsp3) is 0.455. The molecule has 0 spiro atoms. The molecule has 3 nitrogen and oxygen atoms in total. The van der Waals surface area contributed by atoms with Gasteiger partial charge < -0.3 is 14.2 Å². The molecule has 0 aromatic carbocycles. The molecule has 0 aromatic heterocycles. The Morgan fingerprint density at radius 3 is 1.36 bits per heavy atom. The number of terminal acetylenes is 3. The zero-order chi connectivity index (χ0) is 10.9. The third kappa shape index (κ3) is 4.86. The van der Waals surface area contributed by atoms with Crippen LogP contribution in [0.4, 0.5) is 0 Å². The normalized spacial score (nSPS) is 9.00. The predicted molar refractivity (Wildman–Crippen MR) is 52.5 cm³/mol. The minimum absolute atomic E-state index is 0.271. The topological polar surface area (TPSA) is 27.7 Å². The van der Waals surface area contributed by atoms with Gasteiger partial charge in [0.1, 0.15) is 38.1 Å². The van der Waals surface area contributed by atoms with E-state index < -0.39 is 5.41 Å². The van der Waals surface area contributed by atoms with Crippen molar-refractivity contribution in [3.05, 3.63) is 0 Å². The lowest BCUT2D eigenvalue weighted by molar-refractivity contribution is 0.0186. The van der Waals surface area contributed by atoms with Crippen molar-refractivity contribution in [2.45, 2.75) is 6.92 Å². The molecular weight excluding hydrogens is 180 g/mol. The Morgan fingerprint density at radius 2 is 1.14 bits per heavy atom. The summed E-state index contributed by atoms with van der Waals surface area (Å²) < 4.78 is 14.5. The molecule has 0 radical (unpaired) electrons. The minimum atomic E-state index is -0.439. The summed E-state index contributed by atoms with van der Waals surface area (Å²) in [6.07, 6.45) is 21.1. The molecule has 0 aliphatic rings. The van der Waals surface area contributed by atoms with E-state index in [4.69, 9.17) is 33.5 Å². The van der Waals surface area contributed by atoms with E-state index in [1.54, 1.807) is 0 Å². The molecule has 0 unspecified atom stereocenters. The van der Waals surface area contributed by atoms with Crippen LogP contribution in [0, 0.1) is 43.0 Å². The fourth-order valence-corrected chi connectivity index (χ4v) is 0.773. The lowest BCUT2D eigenvalue weighted by Gasteiger charge is -2.24.